The summed E-state index contributed by atoms with van der Waals surface area (Å²) in [4.78, 5) is 4.38. The number of hydrogen-bond donors (Lipinski definition) is 0. The van der Waals surface area contributed by atoms with Gasteiger partial charge in [-0.2, -0.15) is 4.40 Å². The quantitative estimate of drug-likeness (QED) is 0.663. The molecule has 2 aromatic rings. The highest BCUT2D eigenvalue weighted by Crippen LogP contribution is 2.54. The Morgan fingerprint density at radius 2 is 1.89 bits per heavy atom. The van der Waals surface area contributed by atoms with Crippen molar-refractivity contribution in [1.82, 2.24) is 4.98 Å². The molecule has 1 aromatic heterocycles. The summed E-state index contributed by atoms with van der Waals surface area (Å²) in [5.74, 6) is 0.267. The first kappa shape index (κ1) is 18.7. The van der Waals surface area contributed by atoms with Crippen molar-refractivity contribution in [2.45, 2.75) is 70.0 Å². The van der Waals surface area contributed by atoms with Crippen molar-refractivity contribution < 1.29 is 8.60 Å². The summed E-state index contributed by atoms with van der Waals surface area (Å²) in [6.45, 7) is 5.90. The summed E-state index contributed by atoms with van der Waals surface area (Å²) in [5, 5.41) is 0.954. The van der Waals surface area contributed by atoms with E-state index in [-0.39, 0.29) is 10.6 Å². The van der Waals surface area contributed by atoms with Crippen LogP contribution in [0.25, 0.3) is 10.9 Å². The van der Waals surface area contributed by atoms with E-state index < -0.39 is 11.0 Å². The van der Waals surface area contributed by atoms with Gasteiger partial charge in [0.15, 0.2) is 0 Å². The molecule has 0 amide bonds. The van der Waals surface area contributed by atoms with E-state index in [1.54, 1.807) is 12.1 Å². The van der Waals surface area contributed by atoms with Gasteiger partial charge in [0.1, 0.15) is 16.8 Å². The highest BCUT2D eigenvalue weighted by Gasteiger charge is 2.45. The van der Waals surface area contributed by atoms with Crippen molar-refractivity contribution in [3.63, 3.8) is 0 Å². The van der Waals surface area contributed by atoms with E-state index in [0.29, 0.717) is 11.3 Å². The summed E-state index contributed by atoms with van der Waals surface area (Å²) in [7, 11) is -1.15. The lowest BCUT2D eigenvalue weighted by Crippen LogP contribution is -2.41. The van der Waals surface area contributed by atoms with Gasteiger partial charge in [0, 0.05) is 17.3 Å². The number of benzene rings is 1. The Balaban J connectivity index is 1.45. The van der Waals surface area contributed by atoms with Crippen LogP contribution in [0.3, 0.4) is 0 Å². The molecular weight excluding hydrogens is 359 g/mol. The summed E-state index contributed by atoms with van der Waals surface area (Å²) < 4.78 is 30.1. The lowest BCUT2D eigenvalue weighted by atomic mass is 9.57. The third-order valence-corrected chi connectivity index (χ3v) is 7.59. The molecule has 0 aliphatic heterocycles. The van der Waals surface area contributed by atoms with Crippen LogP contribution >= 0.6 is 0 Å². The van der Waals surface area contributed by atoms with Crippen LogP contribution in [-0.4, -0.2) is 19.7 Å². The average Bonchev–Trinajstić information content (AvgIpc) is 2.59. The van der Waals surface area contributed by atoms with E-state index >= 15 is 0 Å². The second-order valence-corrected chi connectivity index (χ2v) is 11.1. The van der Waals surface area contributed by atoms with E-state index in [0.717, 1.165) is 55.1 Å². The standard InChI is InChI=1S/C22H27FN2OS/c1-21(2,3)27(26)25-17-13-22(14-17)9-6-15(7-10-22)18-8-11-24-20-5-4-16(23)12-19(18)20/h4-5,8,11-12,15H,6-7,9-10,13-14H2,1-3H3/t15?,22?,27-/m0/s1. The predicted molar refractivity (Wildman–Crippen MR) is 110 cm³/mol. The highest BCUT2D eigenvalue weighted by atomic mass is 32.2. The lowest BCUT2D eigenvalue weighted by molar-refractivity contribution is 0.158. The van der Waals surface area contributed by atoms with Crippen LogP contribution < -0.4 is 0 Å². The second kappa shape index (κ2) is 6.77. The van der Waals surface area contributed by atoms with Gasteiger partial charge in [-0.1, -0.05) is 0 Å². The van der Waals surface area contributed by atoms with Crippen LogP contribution in [-0.2, 0) is 11.0 Å². The first-order valence-electron chi connectivity index (χ1n) is 9.78. The maximum Gasteiger partial charge on any atom is 0.144 e. The number of nitrogens with zero attached hydrogens (tertiary/aromatic N) is 2. The summed E-state index contributed by atoms with van der Waals surface area (Å²) in [5.41, 5.74) is 3.58. The monoisotopic (exact) mass is 386 g/mol. The fourth-order valence-electron chi connectivity index (χ4n) is 4.52. The number of aromatic nitrogens is 1. The van der Waals surface area contributed by atoms with Gasteiger partial charge in [0.2, 0.25) is 0 Å². The van der Waals surface area contributed by atoms with E-state index in [1.807, 2.05) is 27.0 Å². The molecule has 4 rings (SSSR count). The number of hydrogen-bond acceptors (Lipinski definition) is 2. The molecule has 0 unspecified atom stereocenters. The van der Waals surface area contributed by atoms with Gasteiger partial charge in [-0.3, -0.25) is 4.98 Å². The minimum atomic E-state index is -1.15. The van der Waals surface area contributed by atoms with Crippen molar-refractivity contribution in [2.24, 2.45) is 9.81 Å². The van der Waals surface area contributed by atoms with Crippen LogP contribution in [0.15, 0.2) is 34.9 Å². The van der Waals surface area contributed by atoms with E-state index in [9.17, 15) is 8.60 Å². The molecule has 1 atom stereocenters. The maximum atomic E-state index is 13.7. The molecule has 1 aromatic carbocycles. The van der Waals surface area contributed by atoms with Crippen molar-refractivity contribution in [3.05, 3.63) is 41.8 Å². The molecule has 2 aliphatic rings. The lowest BCUT2D eigenvalue weighted by Gasteiger charge is -2.47. The molecular formula is C22H27FN2OS. The molecule has 1 spiro atoms. The zero-order chi connectivity index (χ0) is 19.2. The van der Waals surface area contributed by atoms with Gasteiger partial charge in [0.25, 0.3) is 0 Å². The Labute approximate surface area is 163 Å². The largest absolute Gasteiger partial charge is 0.256 e. The Kier molecular flexibility index (Phi) is 4.69. The van der Waals surface area contributed by atoms with Gasteiger partial charge in [-0.25, -0.2) is 8.60 Å². The zero-order valence-corrected chi connectivity index (χ0v) is 17.1. The number of halogens is 1. The normalized spacial score (nSPS) is 26.8. The molecule has 2 aliphatic carbocycles. The first-order chi connectivity index (χ1) is 12.8. The van der Waals surface area contributed by atoms with Crippen LogP contribution in [0.4, 0.5) is 4.39 Å². The second-order valence-electron chi connectivity index (χ2n) is 9.21. The van der Waals surface area contributed by atoms with E-state index in [1.165, 1.54) is 11.6 Å². The Morgan fingerprint density at radius 1 is 1.19 bits per heavy atom. The van der Waals surface area contributed by atoms with Crippen LogP contribution in [0.5, 0.6) is 0 Å². The number of pyridine rings is 1. The Bertz CT molecular complexity index is 914. The molecule has 2 fully saturated rings. The fraction of sp³-hybridized carbons (Fsp3) is 0.545. The molecule has 0 bridgehead atoms. The number of fused-ring (bicyclic) bond motifs is 1. The molecule has 3 nitrogen and oxygen atoms in total. The van der Waals surface area contributed by atoms with E-state index in [2.05, 4.69) is 15.4 Å². The minimum Gasteiger partial charge on any atom is -0.256 e. The first-order valence-corrected chi connectivity index (χ1v) is 10.9. The Morgan fingerprint density at radius 3 is 2.56 bits per heavy atom. The molecule has 0 radical (unpaired) electrons. The molecule has 1 heterocycles. The minimum absolute atomic E-state index is 0.198. The van der Waals surface area contributed by atoms with Crippen molar-refractivity contribution in [3.8, 4) is 0 Å². The summed E-state index contributed by atoms with van der Waals surface area (Å²) in [6, 6.07) is 6.93. The third kappa shape index (κ3) is 3.71. The predicted octanol–water partition coefficient (Wildman–Crippen LogP) is 5.71. The van der Waals surface area contributed by atoms with Gasteiger partial charge in [-0.05, 0) is 100 Å². The van der Waals surface area contributed by atoms with Crippen LogP contribution in [0, 0.1) is 11.2 Å². The van der Waals surface area contributed by atoms with E-state index in [4.69, 9.17) is 0 Å². The third-order valence-electron chi connectivity index (χ3n) is 6.12. The molecule has 0 N–H and O–H groups in total. The van der Waals surface area contributed by atoms with Crippen LogP contribution in [0.1, 0.15) is 70.8 Å². The molecule has 2 saturated carbocycles. The topological polar surface area (TPSA) is 42.3 Å². The summed E-state index contributed by atoms with van der Waals surface area (Å²) >= 11 is 0. The number of rotatable bonds is 2. The van der Waals surface area contributed by atoms with Gasteiger partial charge < -0.3 is 0 Å². The van der Waals surface area contributed by atoms with Crippen LogP contribution in [0.2, 0.25) is 0 Å². The van der Waals surface area contributed by atoms with Gasteiger partial charge in [0.05, 0.1) is 10.3 Å². The maximum absolute atomic E-state index is 13.7. The van der Waals surface area contributed by atoms with Crippen molar-refractivity contribution in [1.29, 1.82) is 0 Å². The average molecular weight is 387 g/mol. The van der Waals surface area contributed by atoms with Crippen molar-refractivity contribution in [2.75, 3.05) is 0 Å². The molecule has 0 saturated heterocycles. The van der Waals surface area contributed by atoms with Gasteiger partial charge in [-0.15, -0.1) is 0 Å². The molecule has 5 heteroatoms. The Hall–Kier alpha value is -1.62. The summed E-state index contributed by atoms with van der Waals surface area (Å²) in [6.07, 6.45) is 8.39. The van der Waals surface area contributed by atoms with Gasteiger partial charge >= 0.3 is 0 Å². The zero-order valence-electron chi connectivity index (χ0n) is 16.3. The molecule has 144 valence electrons. The SMILES string of the molecule is CC(C)(C)[S@](=O)N=C1CC2(CCC(c3ccnc4ccc(F)cc34)CC2)C1. The van der Waals surface area contributed by atoms with Crippen molar-refractivity contribution >= 4 is 27.6 Å². The fourth-order valence-corrected chi connectivity index (χ4v) is 5.16. The molecule has 27 heavy (non-hydrogen) atoms. The highest BCUT2D eigenvalue weighted by molar-refractivity contribution is 7.85. The smallest absolute Gasteiger partial charge is 0.144 e.